The van der Waals surface area contributed by atoms with E-state index in [1.165, 1.54) is 0 Å². The molecular weight excluding hydrogens is 232 g/mol. The van der Waals surface area contributed by atoms with E-state index in [4.69, 9.17) is 9.47 Å². The Balaban J connectivity index is 1.97. The molecule has 1 N–H and O–H groups in total. The molecular formula is C14H18O4. The number of aliphatic hydroxyl groups excluding tert-OH is 1. The first-order valence-corrected chi connectivity index (χ1v) is 6.24. The quantitative estimate of drug-likeness (QED) is 0.835. The van der Waals surface area contributed by atoms with E-state index >= 15 is 0 Å². The number of benzene rings is 1. The second-order valence-electron chi connectivity index (χ2n) is 4.52. The molecule has 1 fully saturated rings. The van der Waals surface area contributed by atoms with Crippen molar-refractivity contribution in [1.82, 2.24) is 0 Å². The molecule has 2 unspecified atom stereocenters. The van der Waals surface area contributed by atoms with Gasteiger partial charge in [0.05, 0.1) is 18.8 Å². The van der Waals surface area contributed by atoms with Gasteiger partial charge in [-0.3, -0.25) is 0 Å². The minimum absolute atomic E-state index is 0.367. The number of aliphatic hydroxyl groups is 1. The van der Waals surface area contributed by atoms with Crippen molar-refractivity contribution in [2.45, 2.75) is 37.9 Å². The molecule has 1 saturated carbocycles. The van der Waals surface area contributed by atoms with Crippen molar-refractivity contribution in [1.29, 1.82) is 0 Å². The Labute approximate surface area is 107 Å². The fourth-order valence-corrected chi connectivity index (χ4v) is 2.15. The maximum Gasteiger partial charge on any atom is 0.338 e. The summed E-state index contributed by atoms with van der Waals surface area (Å²) in [7, 11) is 1.58. The van der Waals surface area contributed by atoms with Crippen LogP contribution in [0.4, 0.5) is 0 Å². The predicted octanol–water partition coefficient (Wildman–Crippen LogP) is 2.16. The Bertz CT molecular complexity index is 399. The standard InChI is InChI=1S/C14H18O4/c1-17-11-8-6-10(7-9-11)14(16)18-13-5-3-2-4-12(13)15/h6-9,12-13,15H,2-5H2,1H3. The molecule has 1 aliphatic rings. The summed E-state index contributed by atoms with van der Waals surface area (Å²) in [6, 6.07) is 6.76. The van der Waals surface area contributed by atoms with Gasteiger partial charge in [0.2, 0.25) is 0 Å². The average molecular weight is 250 g/mol. The van der Waals surface area contributed by atoms with Crippen LogP contribution in [0.25, 0.3) is 0 Å². The summed E-state index contributed by atoms with van der Waals surface area (Å²) < 4.78 is 10.4. The predicted molar refractivity (Wildman–Crippen MR) is 66.7 cm³/mol. The van der Waals surface area contributed by atoms with Crippen molar-refractivity contribution in [3.8, 4) is 5.75 Å². The zero-order valence-electron chi connectivity index (χ0n) is 10.5. The third kappa shape index (κ3) is 3.01. The van der Waals surface area contributed by atoms with Gasteiger partial charge >= 0.3 is 5.97 Å². The van der Waals surface area contributed by atoms with Crippen LogP contribution in [-0.4, -0.2) is 30.4 Å². The van der Waals surface area contributed by atoms with Gasteiger partial charge in [-0.25, -0.2) is 4.79 Å². The molecule has 4 heteroatoms. The van der Waals surface area contributed by atoms with E-state index in [9.17, 15) is 9.90 Å². The Morgan fingerprint density at radius 2 is 1.89 bits per heavy atom. The van der Waals surface area contributed by atoms with Crippen LogP contribution in [0.15, 0.2) is 24.3 Å². The lowest BCUT2D eigenvalue weighted by Gasteiger charge is -2.27. The molecule has 0 aromatic heterocycles. The van der Waals surface area contributed by atoms with E-state index in [-0.39, 0.29) is 12.1 Å². The number of rotatable bonds is 3. The highest BCUT2D eigenvalue weighted by Gasteiger charge is 2.26. The number of esters is 1. The highest BCUT2D eigenvalue weighted by Crippen LogP contribution is 2.22. The van der Waals surface area contributed by atoms with Crippen molar-refractivity contribution in [2.75, 3.05) is 7.11 Å². The Kier molecular flexibility index (Phi) is 4.20. The average Bonchev–Trinajstić information content (AvgIpc) is 2.41. The highest BCUT2D eigenvalue weighted by atomic mass is 16.6. The first kappa shape index (κ1) is 12.9. The van der Waals surface area contributed by atoms with E-state index in [0.717, 1.165) is 19.3 Å². The fourth-order valence-electron chi connectivity index (χ4n) is 2.15. The van der Waals surface area contributed by atoms with Crippen LogP contribution in [0.1, 0.15) is 36.0 Å². The summed E-state index contributed by atoms with van der Waals surface area (Å²) in [5.74, 6) is 0.313. The summed E-state index contributed by atoms with van der Waals surface area (Å²) in [4.78, 5) is 11.9. The van der Waals surface area contributed by atoms with Crippen LogP contribution in [0.5, 0.6) is 5.75 Å². The summed E-state index contributed by atoms with van der Waals surface area (Å²) in [5, 5.41) is 9.75. The molecule has 4 nitrogen and oxygen atoms in total. The number of carbonyl (C=O) groups is 1. The summed E-state index contributed by atoms with van der Waals surface area (Å²) in [5.41, 5.74) is 0.480. The van der Waals surface area contributed by atoms with Crippen LogP contribution < -0.4 is 4.74 Å². The molecule has 1 aromatic carbocycles. The van der Waals surface area contributed by atoms with Crippen molar-refractivity contribution < 1.29 is 19.4 Å². The summed E-state index contributed by atoms with van der Waals surface area (Å²) >= 11 is 0. The van der Waals surface area contributed by atoms with Gasteiger partial charge < -0.3 is 14.6 Å². The maximum absolute atomic E-state index is 11.9. The molecule has 1 aromatic rings. The molecule has 98 valence electrons. The SMILES string of the molecule is COc1ccc(C(=O)OC2CCCCC2O)cc1. The molecule has 0 radical (unpaired) electrons. The molecule has 2 atom stereocenters. The van der Waals surface area contributed by atoms with Crippen LogP contribution in [0.2, 0.25) is 0 Å². The van der Waals surface area contributed by atoms with Crippen LogP contribution >= 0.6 is 0 Å². The number of hydrogen-bond donors (Lipinski definition) is 1. The van der Waals surface area contributed by atoms with Crippen LogP contribution in [-0.2, 0) is 4.74 Å². The normalized spacial score (nSPS) is 23.4. The minimum atomic E-state index is -0.527. The first-order chi connectivity index (χ1) is 8.70. The van der Waals surface area contributed by atoms with E-state index in [1.807, 2.05) is 0 Å². The van der Waals surface area contributed by atoms with E-state index in [0.29, 0.717) is 17.7 Å². The van der Waals surface area contributed by atoms with Gasteiger partial charge in [0, 0.05) is 0 Å². The first-order valence-electron chi connectivity index (χ1n) is 6.24. The molecule has 0 amide bonds. The monoisotopic (exact) mass is 250 g/mol. The van der Waals surface area contributed by atoms with Gasteiger partial charge in [-0.2, -0.15) is 0 Å². The zero-order valence-corrected chi connectivity index (χ0v) is 10.5. The van der Waals surface area contributed by atoms with Gasteiger partial charge in [-0.15, -0.1) is 0 Å². The second kappa shape index (κ2) is 5.87. The summed E-state index contributed by atoms with van der Waals surface area (Å²) in [6.07, 6.45) is 2.55. The lowest BCUT2D eigenvalue weighted by molar-refractivity contribution is -0.0360. The lowest BCUT2D eigenvalue weighted by Crippen LogP contribution is -2.34. The van der Waals surface area contributed by atoms with Gasteiger partial charge in [0.15, 0.2) is 0 Å². The molecule has 1 aliphatic carbocycles. The number of ether oxygens (including phenoxy) is 2. The molecule has 0 saturated heterocycles. The Morgan fingerprint density at radius 1 is 1.22 bits per heavy atom. The third-order valence-corrected chi connectivity index (χ3v) is 3.25. The van der Waals surface area contributed by atoms with E-state index < -0.39 is 6.10 Å². The van der Waals surface area contributed by atoms with Crippen molar-refractivity contribution in [3.63, 3.8) is 0 Å². The van der Waals surface area contributed by atoms with Gasteiger partial charge in [0.25, 0.3) is 0 Å². The van der Waals surface area contributed by atoms with Crippen molar-refractivity contribution >= 4 is 5.97 Å². The van der Waals surface area contributed by atoms with E-state index in [2.05, 4.69) is 0 Å². The molecule has 18 heavy (non-hydrogen) atoms. The number of hydrogen-bond acceptors (Lipinski definition) is 4. The fraction of sp³-hybridized carbons (Fsp3) is 0.500. The highest BCUT2D eigenvalue weighted by molar-refractivity contribution is 5.89. The molecule has 0 aliphatic heterocycles. The Morgan fingerprint density at radius 3 is 2.50 bits per heavy atom. The van der Waals surface area contributed by atoms with Gasteiger partial charge in [0.1, 0.15) is 11.9 Å². The lowest BCUT2D eigenvalue weighted by atomic mass is 9.95. The van der Waals surface area contributed by atoms with Crippen molar-refractivity contribution in [2.24, 2.45) is 0 Å². The maximum atomic E-state index is 11.9. The van der Waals surface area contributed by atoms with Gasteiger partial charge in [-0.1, -0.05) is 6.42 Å². The van der Waals surface area contributed by atoms with E-state index in [1.54, 1.807) is 31.4 Å². The van der Waals surface area contributed by atoms with Gasteiger partial charge in [-0.05, 0) is 43.5 Å². The molecule has 2 rings (SSSR count). The molecule has 0 heterocycles. The summed E-state index contributed by atoms with van der Waals surface area (Å²) in [6.45, 7) is 0. The van der Waals surface area contributed by atoms with Crippen molar-refractivity contribution in [3.05, 3.63) is 29.8 Å². The topological polar surface area (TPSA) is 55.8 Å². The molecule has 0 bridgehead atoms. The third-order valence-electron chi connectivity index (χ3n) is 3.25. The smallest absolute Gasteiger partial charge is 0.338 e. The zero-order chi connectivity index (χ0) is 13.0. The van der Waals surface area contributed by atoms with Crippen LogP contribution in [0.3, 0.4) is 0 Å². The second-order valence-corrected chi connectivity index (χ2v) is 4.52. The molecule has 0 spiro atoms. The minimum Gasteiger partial charge on any atom is -0.497 e. The number of methoxy groups -OCH3 is 1. The number of carbonyl (C=O) groups excluding carboxylic acids is 1. The largest absolute Gasteiger partial charge is 0.497 e. The Hall–Kier alpha value is -1.55. The van der Waals surface area contributed by atoms with Crippen LogP contribution in [0, 0.1) is 0 Å².